The Bertz CT molecular complexity index is 823. The fourth-order valence-electron chi connectivity index (χ4n) is 2.89. The average Bonchev–Trinajstić information content (AvgIpc) is 3.18. The first-order valence-electron chi connectivity index (χ1n) is 8.12. The van der Waals surface area contributed by atoms with E-state index in [4.69, 9.17) is 18.9 Å². The van der Waals surface area contributed by atoms with Gasteiger partial charge in [-0.15, -0.1) is 0 Å². The lowest BCUT2D eigenvalue weighted by molar-refractivity contribution is -0.166. The van der Waals surface area contributed by atoms with Crippen LogP contribution in [-0.4, -0.2) is 62.3 Å². The lowest BCUT2D eigenvalue weighted by Crippen LogP contribution is -2.40. The third-order valence-electron chi connectivity index (χ3n) is 3.85. The van der Waals surface area contributed by atoms with Crippen LogP contribution in [0.4, 0.5) is 0 Å². The Labute approximate surface area is 153 Å². The Morgan fingerprint density at radius 1 is 1.07 bits per heavy atom. The standard InChI is InChI=1S/C16H18N4O7/c1-8(21)24-5-12-13(25-9(2)22)14(26-10(3)23)16(27-12)20-7-17-4-11-15(20)19-6-18-11/h4,6-7,12-14,16H,5H2,1-3H3/t12-,13-,14-,16?/m1/s1. The van der Waals surface area contributed by atoms with Gasteiger partial charge in [-0.1, -0.05) is 0 Å². The van der Waals surface area contributed by atoms with E-state index in [0.29, 0.717) is 11.5 Å². The number of aromatic nitrogens is 4. The molecule has 0 amide bonds. The number of nitrogens with zero attached hydrogens (tertiary/aromatic N) is 4. The third kappa shape index (κ3) is 4.03. The van der Waals surface area contributed by atoms with Gasteiger partial charge in [0.2, 0.25) is 0 Å². The summed E-state index contributed by atoms with van der Waals surface area (Å²) in [5, 5.41) is 0. The number of rotatable bonds is 5. The SMILES string of the molecule is CC(=O)OC[C@H]1OC(n2cncc3ncnc2-3)[C@H](OC(C)=O)[C@@H]1OC(C)=O. The van der Waals surface area contributed by atoms with Gasteiger partial charge in [0.05, 0.1) is 12.5 Å². The molecule has 27 heavy (non-hydrogen) atoms. The van der Waals surface area contributed by atoms with Crippen molar-refractivity contribution < 1.29 is 33.3 Å². The molecule has 3 rings (SSSR count). The highest BCUT2D eigenvalue weighted by Crippen LogP contribution is 2.36. The Kier molecular flexibility index (Phi) is 5.31. The average molecular weight is 378 g/mol. The molecule has 3 heterocycles. The summed E-state index contributed by atoms with van der Waals surface area (Å²) in [7, 11) is 0. The molecule has 0 radical (unpaired) electrons. The molecule has 1 fully saturated rings. The molecule has 4 atom stereocenters. The van der Waals surface area contributed by atoms with E-state index in [9.17, 15) is 14.4 Å². The highest BCUT2D eigenvalue weighted by atomic mass is 16.7. The largest absolute Gasteiger partial charge is 0.463 e. The molecule has 0 bridgehead atoms. The van der Waals surface area contributed by atoms with Gasteiger partial charge >= 0.3 is 17.9 Å². The monoisotopic (exact) mass is 378 g/mol. The Morgan fingerprint density at radius 3 is 2.44 bits per heavy atom. The van der Waals surface area contributed by atoms with E-state index in [2.05, 4.69) is 15.0 Å². The van der Waals surface area contributed by atoms with Gasteiger partial charge in [0.25, 0.3) is 0 Å². The quantitative estimate of drug-likeness (QED) is 0.521. The molecule has 3 aliphatic heterocycles. The van der Waals surface area contributed by atoms with Crippen molar-refractivity contribution in [2.75, 3.05) is 6.61 Å². The first-order valence-corrected chi connectivity index (χ1v) is 8.12. The molecule has 0 aliphatic carbocycles. The number of carbonyl (C=O) groups is 3. The van der Waals surface area contributed by atoms with Crippen molar-refractivity contribution in [2.24, 2.45) is 0 Å². The van der Waals surface area contributed by atoms with Gasteiger partial charge in [-0.05, 0) is 0 Å². The number of imidazole rings is 1. The van der Waals surface area contributed by atoms with Crippen molar-refractivity contribution in [1.29, 1.82) is 0 Å². The Hall–Kier alpha value is -3.08. The summed E-state index contributed by atoms with van der Waals surface area (Å²) in [6.07, 6.45) is 0.580. The van der Waals surface area contributed by atoms with Gasteiger partial charge in [-0.2, -0.15) is 0 Å². The van der Waals surface area contributed by atoms with E-state index in [-0.39, 0.29) is 6.61 Å². The third-order valence-corrected chi connectivity index (χ3v) is 3.85. The molecule has 11 nitrogen and oxygen atoms in total. The lowest BCUT2D eigenvalue weighted by Gasteiger charge is -2.24. The molecule has 0 aromatic carbocycles. The summed E-state index contributed by atoms with van der Waals surface area (Å²) in [6, 6.07) is 0. The Balaban J connectivity index is 1.97. The van der Waals surface area contributed by atoms with Crippen LogP contribution in [0.1, 0.15) is 27.0 Å². The highest BCUT2D eigenvalue weighted by molar-refractivity contribution is 5.68. The summed E-state index contributed by atoms with van der Waals surface area (Å²) in [5.74, 6) is -1.26. The molecule has 11 heteroatoms. The summed E-state index contributed by atoms with van der Waals surface area (Å²) in [4.78, 5) is 46.7. The second-order valence-corrected chi connectivity index (χ2v) is 5.90. The van der Waals surface area contributed by atoms with Crippen molar-refractivity contribution >= 4 is 17.9 Å². The minimum atomic E-state index is -0.999. The number of carbonyl (C=O) groups excluding carboxylic acids is 3. The molecule has 3 aliphatic rings. The second kappa shape index (κ2) is 7.66. The van der Waals surface area contributed by atoms with Crippen molar-refractivity contribution in [3.63, 3.8) is 0 Å². The minimum absolute atomic E-state index is 0.182. The predicted molar refractivity (Wildman–Crippen MR) is 86.1 cm³/mol. The van der Waals surface area contributed by atoms with Crippen LogP contribution in [0.3, 0.4) is 0 Å². The topological polar surface area (TPSA) is 132 Å². The van der Waals surface area contributed by atoms with E-state index in [1.807, 2.05) is 0 Å². The zero-order chi connectivity index (χ0) is 19.6. The van der Waals surface area contributed by atoms with Gasteiger partial charge in [0.1, 0.15) is 24.7 Å². The van der Waals surface area contributed by atoms with Gasteiger partial charge in [-0.3, -0.25) is 19.0 Å². The van der Waals surface area contributed by atoms with E-state index >= 15 is 0 Å². The molecule has 0 aromatic rings. The van der Waals surface area contributed by atoms with E-state index in [1.165, 1.54) is 44.2 Å². The van der Waals surface area contributed by atoms with Crippen LogP contribution in [0.15, 0.2) is 18.9 Å². The smallest absolute Gasteiger partial charge is 0.303 e. The molecular formula is C16H18N4O7. The minimum Gasteiger partial charge on any atom is -0.463 e. The van der Waals surface area contributed by atoms with Crippen molar-refractivity contribution in [3.8, 4) is 11.5 Å². The maximum Gasteiger partial charge on any atom is 0.303 e. The molecular weight excluding hydrogens is 360 g/mol. The van der Waals surface area contributed by atoms with Crippen LogP contribution in [0, 0.1) is 0 Å². The summed E-state index contributed by atoms with van der Waals surface area (Å²) in [6.45, 7) is 3.51. The molecule has 0 saturated carbocycles. The van der Waals surface area contributed by atoms with Crippen LogP contribution in [0.2, 0.25) is 0 Å². The Morgan fingerprint density at radius 2 is 1.78 bits per heavy atom. The normalized spacial score (nSPS) is 24.6. The van der Waals surface area contributed by atoms with Crippen LogP contribution in [-0.2, 0) is 33.3 Å². The van der Waals surface area contributed by atoms with Crippen LogP contribution in [0.5, 0.6) is 0 Å². The summed E-state index contributed by atoms with van der Waals surface area (Å²) >= 11 is 0. The predicted octanol–water partition coefficient (Wildman–Crippen LogP) is 0.102. The number of ether oxygens (including phenoxy) is 4. The van der Waals surface area contributed by atoms with E-state index < -0.39 is 42.4 Å². The van der Waals surface area contributed by atoms with Gasteiger partial charge in [0, 0.05) is 20.8 Å². The van der Waals surface area contributed by atoms with Gasteiger partial charge in [-0.25, -0.2) is 15.0 Å². The molecule has 1 unspecified atom stereocenters. The zero-order valence-corrected chi connectivity index (χ0v) is 14.9. The molecule has 1 saturated heterocycles. The van der Waals surface area contributed by atoms with Crippen molar-refractivity contribution in [1.82, 2.24) is 19.5 Å². The van der Waals surface area contributed by atoms with E-state index in [0.717, 1.165) is 0 Å². The summed E-state index contributed by atoms with van der Waals surface area (Å²) in [5.41, 5.74) is 0.509. The van der Waals surface area contributed by atoms with E-state index in [1.54, 1.807) is 0 Å². The van der Waals surface area contributed by atoms with Crippen molar-refractivity contribution in [3.05, 3.63) is 18.9 Å². The van der Waals surface area contributed by atoms with Crippen LogP contribution < -0.4 is 0 Å². The van der Waals surface area contributed by atoms with Crippen molar-refractivity contribution in [2.45, 2.75) is 45.3 Å². The lowest BCUT2D eigenvalue weighted by atomic mass is 10.1. The number of hydrogen-bond acceptors (Lipinski definition) is 10. The van der Waals surface area contributed by atoms with Crippen LogP contribution in [0.25, 0.3) is 11.5 Å². The molecule has 0 N–H and O–H groups in total. The second-order valence-electron chi connectivity index (χ2n) is 5.90. The fourth-order valence-corrected chi connectivity index (χ4v) is 2.89. The zero-order valence-electron chi connectivity index (χ0n) is 14.9. The number of hydrogen-bond donors (Lipinski definition) is 0. The summed E-state index contributed by atoms with van der Waals surface area (Å²) < 4.78 is 23.1. The number of fused-ring (bicyclic) bond motifs is 1. The molecule has 0 aromatic heterocycles. The maximum atomic E-state index is 11.6. The maximum absolute atomic E-state index is 11.6. The number of esters is 3. The first-order chi connectivity index (χ1) is 12.9. The van der Waals surface area contributed by atoms with Gasteiger partial charge in [0.15, 0.2) is 24.3 Å². The fraction of sp³-hybridized carbons (Fsp3) is 0.500. The highest BCUT2D eigenvalue weighted by Gasteiger charge is 2.51. The molecule has 144 valence electrons. The van der Waals surface area contributed by atoms with Crippen LogP contribution >= 0.6 is 0 Å². The van der Waals surface area contributed by atoms with Gasteiger partial charge < -0.3 is 18.9 Å². The molecule has 0 spiro atoms. The first kappa shape index (κ1) is 18.7.